The molecule has 1 amide bonds. The van der Waals surface area contributed by atoms with E-state index in [4.69, 9.17) is 0 Å². The molecular weight excluding hydrogens is 172 g/mol. The molecule has 0 aliphatic carbocycles. The van der Waals surface area contributed by atoms with Crippen molar-refractivity contribution in [2.24, 2.45) is 12.1 Å². The average Bonchev–Trinajstić information content (AvgIpc) is 2.52. The van der Waals surface area contributed by atoms with E-state index in [1.165, 1.54) is 13.3 Å². The largest absolute Gasteiger partial charge is 0.452 e. The fourth-order valence-electron chi connectivity index (χ4n) is 0.708. The van der Waals surface area contributed by atoms with Crippen LogP contribution in [-0.2, 0) is 11.8 Å². The highest BCUT2D eigenvalue weighted by molar-refractivity contribution is 5.78. The summed E-state index contributed by atoms with van der Waals surface area (Å²) in [5.41, 5.74) is 2.95. The number of carbonyl (C=O) groups excluding carboxylic acids is 1. The van der Waals surface area contributed by atoms with Gasteiger partial charge in [0.15, 0.2) is 0 Å². The van der Waals surface area contributed by atoms with E-state index in [0.717, 1.165) is 5.69 Å². The Morgan fingerprint density at radius 1 is 1.85 bits per heavy atom. The third-order valence-corrected chi connectivity index (χ3v) is 1.40. The van der Waals surface area contributed by atoms with Crippen LogP contribution in [0, 0.1) is 0 Å². The van der Waals surface area contributed by atoms with E-state index in [2.05, 4.69) is 20.4 Å². The van der Waals surface area contributed by atoms with Crippen molar-refractivity contribution in [3.8, 4) is 0 Å². The van der Waals surface area contributed by atoms with Gasteiger partial charge < -0.3 is 4.74 Å². The van der Waals surface area contributed by atoms with Crippen molar-refractivity contribution in [1.29, 1.82) is 0 Å². The van der Waals surface area contributed by atoms with Gasteiger partial charge in [0, 0.05) is 13.2 Å². The van der Waals surface area contributed by atoms with Crippen LogP contribution in [0.4, 0.5) is 4.79 Å². The van der Waals surface area contributed by atoms with Gasteiger partial charge in [-0.1, -0.05) is 0 Å². The molecule has 0 aliphatic heterocycles. The Kier molecular flexibility index (Phi) is 3.02. The van der Waals surface area contributed by atoms with Gasteiger partial charge in [-0.15, -0.1) is 0 Å². The normalized spacial score (nSPS) is 10.3. The van der Waals surface area contributed by atoms with Crippen LogP contribution >= 0.6 is 0 Å². The van der Waals surface area contributed by atoms with Crippen LogP contribution in [0.25, 0.3) is 0 Å². The molecule has 0 spiro atoms. The van der Waals surface area contributed by atoms with E-state index >= 15 is 0 Å². The molecule has 0 fully saturated rings. The Morgan fingerprint density at radius 3 is 3.15 bits per heavy atom. The van der Waals surface area contributed by atoms with Crippen LogP contribution in [0.1, 0.15) is 5.69 Å². The van der Waals surface area contributed by atoms with E-state index < -0.39 is 6.09 Å². The predicted molar refractivity (Wildman–Crippen MR) is 46.3 cm³/mol. The Bertz CT molecular complexity index is 318. The second-order valence-electron chi connectivity index (χ2n) is 2.24. The molecule has 1 aromatic rings. The van der Waals surface area contributed by atoms with Crippen LogP contribution in [0.2, 0.25) is 0 Å². The van der Waals surface area contributed by atoms with Gasteiger partial charge in [-0.25, -0.2) is 10.2 Å². The SMILES string of the molecule is COC(=O)N/N=C/c1ccnn1C. The molecular formula is C7H10N4O2. The number of nitrogens with one attached hydrogen (secondary N) is 1. The number of hydrogen-bond acceptors (Lipinski definition) is 4. The average molecular weight is 182 g/mol. The van der Waals surface area contributed by atoms with E-state index in [1.807, 2.05) is 0 Å². The molecule has 0 bridgehead atoms. The van der Waals surface area contributed by atoms with Crippen LogP contribution in [0.5, 0.6) is 0 Å². The number of ether oxygens (including phenoxy) is 1. The maximum absolute atomic E-state index is 10.6. The zero-order valence-electron chi connectivity index (χ0n) is 7.39. The third kappa shape index (κ3) is 2.58. The minimum atomic E-state index is -0.599. The van der Waals surface area contributed by atoms with Gasteiger partial charge in [0.05, 0.1) is 19.0 Å². The molecule has 0 aliphatic rings. The summed E-state index contributed by atoms with van der Waals surface area (Å²) in [5, 5.41) is 7.55. The number of hydrazone groups is 1. The maximum atomic E-state index is 10.6. The lowest BCUT2D eigenvalue weighted by Gasteiger charge is -1.95. The summed E-state index contributed by atoms with van der Waals surface area (Å²) in [6, 6.07) is 1.77. The van der Waals surface area contributed by atoms with Crippen molar-refractivity contribution in [3.63, 3.8) is 0 Å². The van der Waals surface area contributed by atoms with Gasteiger partial charge in [0.1, 0.15) is 0 Å². The van der Waals surface area contributed by atoms with Gasteiger partial charge in [-0.2, -0.15) is 10.2 Å². The highest BCUT2D eigenvalue weighted by Crippen LogP contribution is 1.90. The van der Waals surface area contributed by atoms with E-state index in [9.17, 15) is 4.79 Å². The number of rotatable bonds is 2. The number of nitrogens with zero attached hydrogens (tertiary/aromatic N) is 3. The van der Waals surface area contributed by atoms with Crippen molar-refractivity contribution < 1.29 is 9.53 Å². The fourth-order valence-corrected chi connectivity index (χ4v) is 0.708. The lowest BCUT2D eigenvalue weighted by Crippen LogP contribution is -2.17. The highest BCUT2D eigenvalue weighted by atomic mass is 16.5. The van der Waals surface area contributed by atoms with E-state index in [-0.39, 0.29) is 0 Å². The maximum Gasteiger partial charge on any atom is 0.427 e. The standard InChI is InChI=1S/C7H10N4O2/c1-11-6(3-4-9-11)5-8-10-7(12)13-2/h3-5H,1-2H3,(H,10,12)/b8-5+. The number of hydrogen-bond donors (Lipinski definition) is 1. The van der Waals surface area contributed by atoms with Crippen molar-refractivity contribution in [3.05, 3.63) is 18.0 Å². The van der Waals surface area contributed by atoms with Crippen LogP contribution in [0.3, 0.4) is 0 Å². The Morgan fingerprint density at radius 2 is 2.62 bits per heavy atom. The minimum absolute atomic E-state index is 0.599. The topological polar surface area (TPSA) is 68.5 Å². The molecule has 70 valence electrons. The predicted octanol–water partition coefficient (Wildman–Crippen LogP) is 0.110. The molecule has 0 aromatic carbocycles. The summed E-state index contributed by atoms with van der Waals surface area (Å²) in [6.07, 6.45) is 2.52. The molecule has 6 nitrogen and oxygen atoms in total. The fraction of sp³-hybridized carbons (Fsp3) is 0.286. The molecule has 13 heavy (non-hydrogen) atoms. The number of methoxy groups -OCH3 is 1. The summed E-state index contributed by atoms with van der Waals surface area (Å²) in [7, 11) is 3.05. The molecule has 0 saturated carbocycles. The molecule has 1 aromatic heterocycles. The highest BCUT2D eigenvalue weighted by Gasteiger charge is 1.95. The molecule has 1 N–H and O–H groups in total. The first-order chi connectivity index (χ1) is 6.24. The van der Waals surface area contributed by atoms with Gasteiger partial charge >= 0.3 is 6.09 Å². The minimum Gasteiger partial charge on any atom is -0.452 e. The first-order valence-electron chi connectivity index (χ1n) is 3.59. The third-order valence-electron chi connectivity index (χ3n) is 1.40. The van der Waals surface area contributed by atoms with Crippen molar-refractivity contribution in [1.82, 2.24) is 15.2 Å². The van der Waals surface area contributed by atoms with Crippen LogP contribution < -0.4 is 5.43 Å². The summed E-state index contributed by atoms with van der Waals surface area (Å²) >= 11 is 0. The number of carbonyl (C=O) groups is 1. The van der Waals surface area contributed by atoms with Crippen molar-refractivity contribution in [2.75, 3.05) is 7.11 Å². The van der Waals surface area contributed by atoms with Crippen molar-refractivity contribution >= 4 is 12.3 Å². The van der Waals surface area contributed by atoms with Gasteiger partial charge in [0.2, 0.25) is 0 Å². The Labute approximate surface area is 75.2 Å². The van der Waals surface area contributed by atoms with E-state index in [1.54, 1.807) is 24.0 Å². The number of amides is 1. The van der Waals surface area contributed by atoms with Crippen LogP contribution in [-0.4, -0.2) is 29.2 Å². The van der Waals surface area contributed by atoms with Gasteiger partial charge in [-0.05, 0) is 6.07 Å². The Balaban J connectivity index is 2.50. The first-order valence-corrected chi connectivity index (χ1v) is 3.59. The second-order valence-corrected chi connectivity index (χ2v) is 2.24. The molecule has 0 atom stereocenters. The summed E-state index contributed by atoms with van der Waals surface area (Å²) in [5.74, 6) is 0. The summed E-state index contributed by atoms with van der Waals surface area (Å²) in [4.78, 5) is 10.6. The molecule has 1 rings (SSSR count). The molecule has 0 radical (unpaired) electrons. The molecule has 6 heteroatoms. The van der Waals surface area contributed by atoms with Gasteiger partial charge in [0.25, 0.3) is 0 Å². The smallest absolute Gasteiger partial charge is 0.427 e. The number of aryl methyl sites for hydroxylation is 1. The lowest BCUT2D eigenvalue weighted by atomic mass is 10.5. The zero-order chi connectivity index (χ0) is 9.68. The number of aromatic nitrogens is 2. The molecule has 1 heterocycles. The molecule has 0 unspecified atom stereocenters. The zero-order valence-corrected chi connectivity index (χ0v) is 7.39. The monoisotopic (exact) mass is 182 g/mol. The van der Waals surface area contributed by atoms with E-state index in [0.29, 0.717) is 0 Å². The summed E-state index contributed by atoms with van der Waals surface area (Å²) in [6.45, 7) is 0. The van der Waals surface area contributed by atoms with Crippen molar-refractivity contribution in [2.45, 2.75) is 0 Å². The lowest BCUT2D eigenvalue weighted by molar-refractivity contribution is 0.171. The quantitative estimate of drug-likeness (QED) is 0.521. The first kappa shape index (κ1) is 9.24. The summed E-state index contributed by atoms with van der Waals surface area (Å²) < 4.78 is 5.94. The van der Waals surface area contributed by atoms with Gasteiger partial charge in [-0.3, -0.25) is 4.68 Å². The van der Waals surface area contributed by atoms with Crippen LogP contribution in [0.15, 0.2) is 17.4 Å². The molecule has 0 saturated heterocycles. The second kappa shape index (κ2) is 4.24. The Hall–Kier alpha value is -1.85.